The van der Waals surface area contributed by atoms with Gasteiger partial charge < -0.3 is 14.8 Å². The molecule has 5 rings (SSSR count). The van der Waals surface area contributed by atoms with Crippen LogP contribution in [0.1, 0.15) is 39.9 Å². The number of dihydropyridines is 1. The van der Waals surface area contributed by atoms with E-state index in [9.17, 15) is 9.59 Å². The third-order valence-corrected chi connectivity index (χ3v) is 8.31. The Hall–Kier alpha value is -2.37. The molecular formula is C28H20ClI2NO4. The Morgan fingerprint density at radius 1 is 1.03 bits per heavy atom. The van der Waals surface area contributed by atoms with Crippen LogP contribution in [0, 0.1) is 7.14 Å². The maximum atomic E-state index is 13.6. The van der Waals surface area contributed by atoms with Crippen LogP contribution in [-0.4, -0.2) is 18.9 Å². The zero-order valence-corrected chi connectivity index (χ0v) is 24.4. The fourth-order valence-electron chi connectivity index (χ4n) is 4.69. The van der Waals surface area contributed by atoms with Gasteiger partial charge in [0, 0.05) is 38.9 Å². The van der Waals surface area contributed by atoms with Gasteiger partial charge in [-0.2, -0.15) is 0 Å². The number of methoxy groups -OCH3 is 1. The molecule has 1 aliphatic heterocycles. The molecule has 5 nitrogen and oxygen atoms in total. The standard InChI is InChI=1S/C28H20ClI2NO4/c1-14-22(28(34)35-2)23(24-25(32-14)17-8-4-5-9-18(17)26(24)33)16-11-20(30)27(21(31)12-16)36-13-15-7-3-6-10-19(15)29/h3-12,23,32H,13H2,1-2H3/t23-/m0/s1. The minimum atomic E-state index is -0.576. The van der Waals surface area contributed by atoms with Crippen molar-refractivity contribution < 1.29 is 19.1 Å². The van der Waals surface area contributed by atoms with Gasteiger partial charge in [-0.05, 0) is 75.9 Å². The van der Waals surface area contributed by atoms with E-state index in [0.717, 1.165) is 35.3 Å². The lowest BCUT2D eigenvalue weighted by atomic mass is 9.80. The second kappa shape index (κ2) is 10.2. The zero-order valence-electron chi connectivity index (χ0n) is 19.3. The zero-order chi connectivity index (χ0) is 25.6. The Morgan fingerprint density at radius 3 is 2.33 bits per heavy atom. The molecule has 36 heavy (non-hydrogen) atoms. The van der Waals surface area contributed by atoms with E-state index in [1.807, 2.05) is 67.6 Å². The first kappa shape index (κ1) is 25.3. The molecule has 0 spiro atoms. The first-order valence-corrected chi connectivity index (χ1v) is 13.6. The van der Waals surface area contributed by atoms with Crippen molar-refractivity contribution in [1.29, 1.82) is 0 Å². The molecule has 0 amide bonds. The maximum Gasteiger partial charge on any atom is 0.336 e. The third kappa shape index (κ3) is 4.35. The summed E-state index contributed by atoms with van der Waals surface area (Å²) in [6.45, 7) is 2.17. The predicted octanol–water partition coefficient (Wildman–Crippen LogP) is 6.87. The largest absolute Gasteiger partial charge is 0.487 e. The van der Waals surface area contributed by atoms with Crippen molar-refractivity contribution in [2.24, 2.45) is 0 Å². The van der Waals surface area contributed by atoms with Crippen LogP contribution in [0.3, 0.4) is 0 Å². The van der Waals surface area contributed by atoms with Crippen LogP contribution >= 0.6 is 56.8 Å². The molecule has 1 N–H and O–H groups in total. The number of esters is 1. The average molecular weight is 724 g/mol. The Balaban J connectivity index is 1.59. The van der Waals surface area contributed by atoms with Crippen LogP contribution in [0.2, 0.25) is 5.02 Å². The summed E-state index contributed by atoms with van der Waals surface area (Å²) in [5.41, 5.74) is 5.58. The third-order valence-electron chi connectivity index (χ3n) is 6.34. The molecule has 0 aromatic heterocycles. The second-order valence-electron chi connectivity index (χ2n) is 8.45. The molecule has 1 aliphatic carbocycles. The highest BCUT2D eigenvalue weighted by atomic mass is 127. The van der Waals surface area contributed by atoms with E-state index in [0.29, 0.717) is 34.0 Å². The van der Waals surface area contributed by atoms with Gasteiger partial charge in [0.05, 0.1) is 25.5 Å². The van der Waals surface area contributed by atoms with Crippen molar-refractivity contribution in [2.45, 2.75) is 19.4 Å². The molecular weight excluding hydrogens is 704 g/mol. The van der Waals surface area contributed by atoms with E-state index in [1.54, 1.807) is 0 Å². The van der Waals surface area contributed by atoms with Crippen molar-refractivity contribution in [3.05, 3.63) is 112 Å². The van der Waals surface area contributed by atoms with Crippen LogP contribution in [-0.2, 0) is 16.1 Å². The van der Waals surface area contributed by atoms with Crippen molar-refractivity contribution in [3.63, 3.8) is 0 Å². The minimum absolute atomic E-state index is 0.0870. The number of carbonyl (C=O) groups excluding carboxylic acids is 2. The van der Waals surface area contributed by atoms with Gasteiger partial charge >= 0.3 is 5.97 Å². The van der Waals surface area contributed by atoms with E-state index in [1.165, 1.54) is 7.11 Å². The summed E-state index contributed by atoms with van der Waals surface area (Å²) in [5, 5.41) is 3.96. The summed E-state index contributed by atoms with van der Waals surface area (Å²) in [4.78, 5) is 26.6. The molecule has 3 aromatic rings. The highest BCUT2D eigenvalue weighted by Crippen LogP contribution is 2.48. The Morgan fingerprint density at radius 2 is 1.67 bits per heavy atom. The molecule has 1 heterocycles. The van der Waals surface area contributed by atoms with Gasteiger partial charge in [0.1, 0.15) is 12.4 Å². The summed E-state index contributed by atoms with van der Waals surface area (Å²) in [6, 6.07) is 19.0. The van der Waals surface area contributed by atoms with Crippen LogP contribution in [0.4, 0.5) is 0 Å². The van der Waals surface area contributed by atoms with Crippen LogP contribution < -0.4 is 10.1 Å². The average Bonchev–Trinajstić information content (AvgIpc) is 3.14. The predicted molar refractivity (Wildman–Crippen MR) is 156 cm³/mol. The van der Waals surface area contributed by atoms with Gasteiger partial charge in [0.15, 0.2) is 5.78 Å². The Labute approximate surface area is 241 Å². The fraction of sp³-hybridized carbons (Fsp3) is 0.143. The SMILES string of the molecule is COC(=O)C1=C(C)NC2=C(C(=O)c3ccccc32)[C@H]1c1cc(I)c(OCc2ccccc2Cl)c(I)c1. The molecule has 0 saturated heterocycles. The minimum Gasteiger partial charge on any atom is -0.487 e. The smallest absolute Gasteiger partial charge is 0.336 e. The summed E-state index contributed by atoms with van der Waals surface area (Å²) < 4.78 is 13.0. The number of ether oxygens (including phenoxy) is 2. The number of ketones is 1. The van der Waals surface area contributed by atoms with Crippen molar-refractivity contribution in [2.75, 3.05) is 7.11 Å². The Kier molecular flexibility index (Phi) is 7.15. The van der Waals surface area contributed by atoms with Crippen molar-refractivity contribution in [3.8, 4) is 5.75 Å². The number of halogens is 3. The number of fused-ring (bicyclic) bond motifs is 2. The monoisotopic (exact) mass is 723 g/mol. The number of rotatable bonds is 5. The molecule has 0 fully saturated rings. The van der Waals surface area contributed by atoms with Crippen LogP contribution in [0.15, 0.2) is 77.5 Å². The number of nitrogens with one attached hydrogen (secondary N) is 1. The van der Waals surface area contributed by atoms with E-state index in [2.05, 4.69) is 50.5 Å². The molecule has 2 aliphatic rings. The summed E-state index contributed by atoms with van der Waals surface area (Å²) >= 11 is 10.8. The number of Topliss-reactive ketones (excluding diaryl/α,β-unsaturated/α-hetero) is 1. The summed E-state index contributed by atoms with van der Waals surface area (Å²) in [5.74, 6) is -0.405. The molecule has 0 bridgehead atoms. The first-order valence-electron chi connectivity index (χ1n) is 11.1. The quantitative estimate of drug-likeness (QED) is 0.230. The number of benzene rings is 3. The molecule has 0 radical (unpaired) electrons. The normalized spacial score (nSPS) is 16.5. The molecule has 1 atom stereocenters. The number of allylic oxidation sites excluding steroid dienone is 2. The number of hydrogen-bond acceptors (Lipinski definition) is 5. The highest BCUT2D eigenvalue weighted by molar-refractivity contribution is 14.1. The van der Waals surface area contributed by atoms with Gasteiger partial charge in [-0.25, -0.2) is 4.79 Å². The van der Waals surface area contributed by atoms with E-state index >= 15 is 0 Å². The summed E-state index contributed by atoms with van der Waals surface area (Å²) in [7, 11) is 1.36. The first-order chi connectivity index (χ1) is 17.3. The van der Waals surface area contributed by atoms with Crippen LogP contribution in [0.5, 0.6) is 5.75 Å². The lowest BCUT2D eigenvalue weighted by molar-refractivity contribution is -0.136. The highest BCUT2D eigenvalue weighted by Gasteiger charge is 2.43. The number of hydrogen-bond donors (Lipinski definition) is 1. The van der Waals surface area contributed by atoms with Crippen LogP contribution in [0.25, 0.3) is 5.70 Å². The van der Waals surface area contributed by atoms with Gasteiger partial charge in [-0.1, -0.05) is 54.1 Å². The van der Waals surface area contributed by atoms with Gasteiger partial charge in [-0.15, -0.1) is 0 Å². The molecule has 0 unspecified atom stereocenters. The van der Waals surface area contributed by atoms with Gasteiger partial charge in [-0.3, -0.25) is 4.79 Å². The van der Waals surface area contributed by atoms with E-state index in [4.69, 9.17) is 21.1 Å². The topological polar surface area (TPSA) is 64.6 Å². The lowest BCUT2D eigenvalue weighted by Gasteiger charge is -2.29. The number of carbonyl (C=O) groups is 2. The van der Waals surface area contributed by atoms with Crippen molar-refractivity contribution >= 4 is 74.2 Å². The lowest BCUT2D eigenvalue weighted by Crippen LogP contribution is -2.29. The van der Waals surface area contributed by atoms with Gasteiger partial charge in [0.25, 0.3) is 0 Å². The molecule has 3 aromatic carbocycles. The van der Waals surface area contributed by atoms with Crippen molar-refractivity contribution in [1.82, 2.24) is 5.32 Å². The molecule has 8 heteroatoms. The molecule has 182 valence electrons. The Bertz CT molecular complexity index is 1470. The van der Waals surface area contributed by atoms with E-state index in [-0.39, 0.29) is 5.78 Å². The molecule has 0 saturated carbocycles. The summed E-state index contributed by atoms with van der Waals surface area (Å²) in [6.07, 6.45) is 0. The second-order valence-corrected chi connectivity index (χ2v) is 11.2. The van der Waals surface area contributed by atoms with Gasteiger partial charge in [0.2, 0.25) is 0 Å². The fourth-order valence-corrected chi connectivity index (χ4v) is 7.01. The maximum absolute atomic E-state index is 13.6. The van der Waals surface area contributed by atoms with E-state index < -0.39 is 11.9 Å².